The highest BCUT2D eigenvalue weighted by atomic mass is 19.1. The highest BCUT2D eigenvalue weighted by Crippen LogP contribution is 2.21. The lowest BCUT2D eigenvalue weighted by Crippen LogP contribution is -2.46. The summed E-state index contributed by atoms with van der Waals surface area (Å²) in [6.45, 7) is 4.33. The summed E-state index contributed by atoms with van der Waals surface area (Å²) in [5.41, 5.74) is 2.73. The van der Waals surface area contributed by atoms with Crippen LogP contribution in [0, 0.1) is 5.82 Å². The number of nitrogens with zero attached hydrogens (tertiary/aromatic N) is 3. The molecule has 1 aromatic heterocycles. The molecule has 2 heterocycles. The van der Waals surface area contributed by atoms with Gasteiger partial charge in [0.15, 0.2) is 0 Å². The summed E-state index contributed by atoms with van der Waals surface area (Å²) in [6.07, 6.45) is 3.26. The van der Waals surface area contributed by atoms with Gasteiger partial charge >= 0.3 is 0 Å². The number of carbonyl (C=O) groups is 1. The van der Waals surface area contributed by atoms with Crippen molar-refractivity contribution in [3.8, 4) is 0 Å². The number of carbonyl (C=O) groups excluding carboxylic acids is 1. The minimum Gasteiger partial charge on any atom is -0.353 e. The second kappa shape index (κ2) is 8.75. The Morgan fingerprint density at radius 3 is 2.83 bits per heavy atom. The van der Waals surface area contributed by atoms with Crippen LogP contribution in [0.4, 0.5) is 4.39 Å². The number of benzene rings is 2. The number of nitrogens with one attached hydrogen (secondary N) is 1. The fourth-order valence-corrected chi connectivity index (χ4v) is 4.05. The topological polar surface area (TPSA) is 67.2 Å². The van der Waals surface area contributed by atoms with Crippen molar-refractivity contribution >= 4 is 16.8 Å². The van der Waals surface area contributed by atoms with Crippen molar-refractivity contribution < 1.29 is 9.18 Å². The maximum absolute atomic E-state index is 13.5. The second-order valence-corrected chi connectivity index (χ2v) is 7.69. The Labute approximate surface area is 174 Å². The molecule has 0 spiro atoms. The minimum absolute atomic E-state index is 0.141. The van der Waals surface area contributed by atoms with Crippen LogP contribution in [0.5, 0.6) is 0 Å². The van der Waals surface area contributed by atoms with Crippen LogP contribution in [0.25, 0.3) is 10.9 Å². The first-order valence-electron chi connectivity index (χ1n) is 10.3. The molecule has 1 aliphatic rings. The highest BCUT2D eigenvalue weighted by Gasteiger charge is 2.22. The van der Waals surface area contributed by atoms with Crippen LogP contribution < -0.4 is 10.9 Å². The Morgan fingerprint density at radius 2 is 2.03 bits per heavy atom. The van der Waals surface area contributed by atoms with Crippen molar-refractivity contribution in [1.82, 2.24) is 19.8 Å². The molecule has 0 bridgehead atoms. The molecule has 7 heteroatoms. The monoisotopic (exact) mass is 408 g/mol. The van der Waals surface area contributed by atoms with E-state index in [9.17, 15) is 14.0 Å². The van der Waals surface area contributed by atoms with Crippen LogP contribution in [-0.4, -0.2) is 39.5 Å². The van der Waals surface area contributed by atoms with Gasteiger partial charge in [-0.1, -0.05) is 31.2 Å². The summed E-state index contributed by atoms with van der Waals surface area (Å²) in [4.78, 5) is 31.6. The van der Waals surface area contributed by atoms with Crippen LogP contribution in [0.1, 0.15) is 24.5 Å². The van der Waals surface area contributed by atoms with Crippen molar-refractivity contribution in [2.24, 2.45) is 0 Å². The van der Waals surface area contributed by atoms with Crippen LogP contribution in [0.2, 0.25) is 0 Å². The predicted molar refractivity (Wildman–Crippen MR) is 114 cm³/mol. The van der Waals surface area contributed by atoms with E-state index in [4.69, 9.17) is 0 Å². The van der Waals surface area contributed by atoms with Crippen LogP contribution >= 0.6 is 0 Å². The Morgan fingerprint density at radius 1 is 1.23 bits per heavy atom. The smallest absolute Gasteiger partial charge is 0.261 e. The van der Waals surface area contributed by atoms with Gasteiger partial charge in [-0.25, -0.2) is 9.37 Å². The van der Waals surface area contributed by atoms with Gasteiger partial charge in [-0.3, -0.25) is 19.1 Å². The Balaban J connectivity index is 1.39. The Kier molecular flexibility index (Phi) is 5.90. The number of fused-ring (bicyclic) bond motifs is 2. The van der Waals surface area contributed by atoms with E-state index < -0.39 is 11.4 Å². The van der Waals surface area contributed by atoms with Gasteiger partial charge in [0.2, 0.25) is 5.91 Å². The number of amides is 1. The van der Waals surface area contributed by atoms with Crippen molar-refractivity contribution in [2.75, 3.05) is 13.1 Å². The summed E-state index contributed by atoms with van der Waals surface area (Å²) < 4.78 is 14.7. The van der Waals surface area contributed by atoms with E-state index >= 15 is 0 Å². The maximum atomic E-state index is 13.5. The molecule has 6 nitrogen and oxygen atoms in total. The Bertz CT molecular complexity index is 1130. The van der Waals surface area contributed by atoms with Crippen LogP contribution in [0.3, 0.4) is 0 Å². The first-order chi connectivity index (χ1) is 14.5. The third-order valence-electron chi connectivity index (χ3n) is 5.78. The molecule has 0 aliphatic carbocycles. The quantitative estimate of drug-likeness (QED) is 0.681. The van der Waals surface area contributed by atoms with Crippen molar-refractivity contribution in [2.45, 2.75) is 38.9 Å². The van der Waals surface area contributed by atoms with E-state index in [1.807, 2.05) is 0 Å². The third-order valence-corrected chi connectivity index (χ3v) is 5.78. The molecule has 2 aromatic carbocycles. The summed E-state index contributed by atoms with van der Waals surface area (Å²) >= 11 is 0. The molecular formula is C23H25FN4O2. The molecule has 3 aromatic rings. The first kappa shape index (κ1) is 20.2. The van der Waals surface area contributed by atoms with E-state index in [0.717, 1.165) is 32.0 Å². The molecule has 0 saturated heterocycles. The Hall–Kier alpha value is -3.06. The molecule has 0 saturated carbocycles. The van der Waals surface area contributed by atoms with Gasteiger partial charge in [-0.2, -0.15) is 0 Å². The fourth-order valence-electron chi connectivity index (χ4n) is 4.05. The molecule has 4 rings (SSSR count). The zero-order chi connectivity index (χ0) is 21.1. The van der Waals surface area contributed by atoms with Gasteiger partial charge in [-0.05, 0) is 42.2 Å². The number of rotatable bonds is 6. The van der Waals surface area contributed by atoms with E-state index in [2.05, 4.69) is 46.4 Å². The summed E-state index contributed by atoms with van der Waals surface area (Å²) in [5, 5.41) is 3.12. The number of aromatic nitrogens is 2. The predicted octanol–water partition coefficient (Wildman–Crippen LogP) is 2.49. The zero-order valence-corrected chi connectivity index (χ0v) is 17.0. The van der Waals surface area contributed by atoms with E-state index in [1.165, 1.54) is 34.2 Å². The van der Waals surface area contributed by atoms with E-state index in [1.54, 1.807) is 0 Å². The van der Waals surface area contributed by atoms with Crippen LogP contribution in [-0.2, 0) is 24.3 Å². The van der Waals surface area contributed by atoms with Crippen molar-refractivity contribution in [3.63, 3.8) is 0 Å². The summed E-state index contributed by atoms with van der Waals surface area (Å²) in [5.74, 6) is -0.761. The first-order valence-corrected chi connectivity index (χ1v) is 10.3. The molecule has 1 unspecified atom stereocenters. The molecule has 0 fully saturated rings. The van der Waals surface area contributed by atoms with Crippen molar-refractivity contribution in [1.29, 1.82) is 0 Å². The lowest BCUT2D eigenvalue weighted by Gasteiger charge is -2.35. The zero-order valence-electron chi connectivity index (χ0n) is 17.0. The summed E-state index contributed by atoms with van der Waals surface area (Å²) in [7, 11) is 0. The van der Waals surface area contributed by atoms with Gasteiger partial charge in [0, 0.05) is 25.7 Å². The largest absolute Gasteiger partial charge is 0.353 e. The van der Waals surface area contributed by atoms with Crippen molar-refractivity contribution in [3.05, 3.63) is 76.1 Å². The molecule has 1 amide bonds. The average molecular weight is 408 g/mol. The third kappa shape index (κ3) is 4.26. The molecule has 156 valence electrons. The number of halogens is 1. The normalized spacial score (nSPS) is 15.0. The number of hydrogen-bond donors (Lipinski definition) is 1. The van der Waals surface area contributed by atoms with Gasteiger partial charge in [0.25, 0.3) is 5.56 Å². The van der Waals surface area contributed by atoms with Gasteiger partial charge < -0.3 is 5.32 Å². The maximum Gasteiger partial charge on any atom is 0.261 e. The molecule has 0 radical (unpaired) electrons. The van der Waals surface area contributed by atoms with Gasteiger partial charge in [-0.15, -0.1) is 0 Å². The molecule has 1 N–H and O–H groups in total. The molecule has 30 heavy (non-hydrogen) atoms. The standard InChI is InChI=1S/C23H25FN4O2/c1-2-19(27-10-9-16-5-3-4-6-17(16)13-27)12-25-22(29)14-28-15-26-21-8-7-18(24)11-20(21)23(28)30/h3-8,11,15,19H,2,9-10,12-14H2,1H3,(H,25,29). The molecule has 1 atom stereocenters. The lowest BCUT2D eigenvalue weighted by atomic mass is 9.98. The van der Waals surface area contributed by atoms with Crippen LogP contribution in [0.15, 0.2) is 53.6 Å². The highest BCUT2D eigenvalue weighted by molar-refractivity contribution is 5.79. The SMILES string of the molecule is CCC(CNC(=O)Cn1cnc2ccc(F)cc2c1=O)N1CCc2ccccc2C1. The van der Waals surface area contributed by atoms with Gasteiger partial charge in [0.1, 0.15) is 12.4 Å². The van der Waals surface area contributed by atoms with E-state index in [-0.39, 0.29) is 23.9 Å². The minimum atomic E-state index is -0.502. The number of hydrogen-bond acceptors (Lipinski definition) is 4. The second-order valence-electron chi connectivity index (χ2n) is 7.69. The van der Waals surface area contributed by atoms with E-state index in [0.29, 0.717) is 12.1 Å². The lowest BCUT2D eigenvalue weighted by molar-refractivity contribution is -0.122. The summed E-state index contributed by atoms with van der Waals surface area (Å²) in [6, 6.07) is 12.6. The van der Waals surface area contributed by atoms with Gasteiger partial charge in [0.05, 0.1) is 17.2 Å². The fraction of sp³-hybridized carbons (Fsp3) is 0.348. The molecular weight excluding hydrogens is 383 g/mol. The average Bonchev–Trinajstić information content (AvgIpc) is 2.76. The molecule has 1 aliphatic heterocycles.